The highest BCUT2D eigenvalue weighted by molar-refractivity contribution is 5.95. The number of hydrogen-bond acceptors (Lipinski definition) is 6. The lowest BCUT2D eigenvalue weighted by molar-refractivity contribution is -0.130. The van der Waals surface area contributed by atoms with E-state index in [9.17, 15) is 9.59 Å². The third-order valence-corrected chi connectivity index (χ3v) is 4.92. The van der Waals surface area contributed by atoms with Crippen LogP contribution >= 0.6 is 0 Å². The van der Waals surface area contributed by atoms with E-state index in [-0.39, 0.29) is 24.3 Å². The number of carbonyl (C=O) groups is 2. The van der Waals surface area contributed by atoms with Crippen LogP contribution in [0.4, 0.5) is 0 Å². The van der Waals surface area contributed by atoms with Gasteiger partial charge in [0.1, 0.15) is 11.5 Å². The van der Waals surface area contributed by atoms with E-state index < -0.39 is 0 Å². The van der Waals surface area contributed by atoms with Crippen molar-refractivity contribution in [1.82, 2.24) is 29.8 Å². The molecule has 0 unspecified atom stereocenters. The molecule has 9 heteroatoms. The molecule has 1 aliphatic rings. The summed E-state index contributed by atoms with van der Waals surface area (Å²) in [5.74, 6) is 0.412. The summed E-state index contributed by atoms with van der Waals surface area (Å²) in [6.45, 7) is 8.54. The first-order valence-electron chi connectivity index (χ1n) is 8.91. The number of carbonyl (C=O) groups excluding carboxylic acids is 2. The molecule has 0 spiro atoms. The lowest BCUT2D eigenvalue weighted by atomic mass is 9.95. The first-order valence-corrected chi connectivity index (χ1v) is 8.91. The molecule has 144 valence electrons. The molecule has 1 saturated heterocycles. The molecule has 28 heavy (non-hydrogen) atoms. The van der Waals surface area contributed by atoms with Crippen LogP contribution in [0.15, 0.2) is 35.7 Å². The van der Waals surface area contributed by atoms with Crippen LogP contribution in [-0.4, -0.2) is 49.4 Å². The average Bonchev–Trinajstić information content (AvgIpc) is 3.25. The average molecular weight is 380 g/mol. The molecule has 0 aliphatic carbocycles. The third-order valence-electron chi connectivity index (χ3n) is 4.92. The molecule has 2 amide bonds. The van der Waals surface area contributed by atoms with Crippen LogP contribution in [0.1, 0.15) is 39.1 Å². The van der Waals surface area contributed by atoms with Gasteiger partial charge in [0.05, 0.1) is 29.4 Å². The maximum atomic E-state index is 12.6. The SMILES string of the molecule is C=CC(=O)N1CC(c2ocnc2CNC(=O)c2cnc3cc(C)nn3c2C)C1. The number of likely N-dealkylation sites (tertiary alicyclic amines) is 1. The third kappa shape index (κ3) is 3.04. The Bertz CT molecular complexity index is 1080. The van der Waals surface area contributed by atoms with Gasteiger partial charge < -0.3 is 14.6 Å². The van der Waals surface area contributed by atoms with Crippen molar-refractivity contribution in [3.63, 3.8) is 0 Å². The summed E-state index contributed by atoms with van der Waals surface area (Å²) in [5.41, 5.74) is 3.37. The minimum Gasteiger partial charge on any atom is -0.448 e. The highest BCUT2D eigenvalue weighted by Gasteiger charge is 2.34. The molecular weight excluding hydrogens is 360 g/mol. The normalized spacial score (nSPS) is 14.1. The van der Waals surface area contributed by atoms with Crippen LogP contribution in [0.5, 0.6) is 0 Å². The fourth-order valence-corrected chi connectivity index (χ4v) is 3.34. The molecular formula is C19H20N6O3. The zero-order chi connectivity index (χ0) is 19.8. The minimum atomic E-state index is -0.258. The fourth-order valence-electron chi connectivity index (χ4n) is 3.34. The Morgan fingerprint density at radius 2 is 2.14 bits per heavy atom. The van der Waals surface area contributed by atoms with E-state index in [1.54, 1.807) is 15.6 Å². The van der Waals surface area contributed by atoms with Crippen molar-refractivity contribution < 1.29 is 14.0 Å². The molecule has 0 bridgehead atoms. The number of nitrogens with zero attached hydrogens (tertiary/aromatic N) is 5. The van der Waals surface area contributed by atoms with E-state index >= 15 is 0 Å². The predicted molar refractivity (Wildman–Crippen MR) is 99.7 cm³/mol. The molecule has 0 radical (unpaired) electrons. The number of aromatic nitrogens is 4. The standard InChI is InChI=1S/C19H20N6O3/c1-4-17(26)24-8-13(9-24)18-15(22-10-28-18)7-21-19(27)14-6-20-16-5-11(2)23-25(16)12(14)3/h4-6,10,13H,1,7-9H2,2-3H3,(H,21,27). The molecule has 1 N–H and O–H groups in total. The number of aryl methyl sites for hydroxylation is 2. The molecule has 3 aromatic rings. The van der Waals surface area contributed by atoms with E-state index in [2.05, 4.69) is 27.0 Å². The van der Waals surface area contributed by atoms with Crippen LogP contribution in [0.3, 0.4) is 0 Å². The number of oxazole rings is 1. The lowest BCUT2D eigenvalue weighted by Gasteiger charge is -2.37. The highest BCUT2D eigenvalue weighted by atomic mass is 16.3. The summed E-state index contributed by atoms with van der Waals surface area (Å²) in [4.78, 5) is 34.4. The monoisotopic (exact) mass is 380 g/mol. The zero-order valence-electron chi connectivity index (χ0n) is 15.7. The Morgan fingerprint density at radius 3 is 2.89 bits per heavy atom. The number of hydrogen-bond donors (Lipinski definition) is 1. The Hall–Kier alpha value is -3.49. The molecule has 0 atom stereocenters. The van der Waals surface area contributed by atoms with Crippen molar-refractivity contribution in [2.24, 2.45) is 0 Å². The molecule has 9 nitrogen and oxygen atoms in total. The van der Waals surface area contributed by atoms with Gasteiger partial charge in [-0.1, -0.05) is 6.58 Å². The van der Waals surface area contributed by atoms with Gasteiger partial charge >= 0.3 is 0 Å². The Kier molecular flexibility index (Phi) is 4.42. The van der Waals surface area contributed by atoms with Crippen LogP contribution in [0.2, 0.25) is 0 Å². The summed E-state index contributed by atoms with van der Waals surface area (Å²) in [6.07, 6.45) is 4.21. The number of fused-ring (bicyclic) bond motifs is 1. The van der Waals surface area contributed by atoms with Crippen LogP contribution in [0, 0.1) is 13.8 Å². The highest BCUT2D eigenvalue weighted by Crippen LogP contribution is 2.29. The van der Waals surface area contributed by atoms with Gasteiger partial charge in [0.2, 0.25) is 5.91 Å². The summed E-state index contributed by atoms with van der Waals surface area (Å²) in [6, 6.07) is 1.86. The first kappa shape index (κ1) is 17.9. The topological polar surface area (TPSA) is 106 Å². The summed E-state index contributed by atoms with van der Waals surface area (Å²) in [5, 5.41) is 7.22. The van der Waals surface area contributed by atoms with Gasteiger partial charge in [-0.3, -0.25) is 9.59 Å². The van der Waals surface area contributed by atoms with Gasteiger partial charge in [-0.25, -0.2) is 14.5 Å². The van der Waals surface area contributed by atoms with Gasteiger partial charge in [0.25, 0.3) is 5.91 Å². The smallest absolute Gasteiger partial charge is 0.255 e. The van der Waals surface area contributed by atoms with Crippen molar-refractivity contribution in [1.29, 1.82) is 0 Å². The quantitative estimate of drug-likeness (QED) is 0.670. The Morgan fingerprint density at radius 1 is 1.36 bits per heavy atom. The molecule has 4 heterocycles. The molecule has 1 aliphatic heterocycles. The summed E-state index contributed by atoms with van der Waals surface area (Å²) < 4.78 is 7.16. The van der Waals surface area contributed by atoms with Crippen molar-refractivity contribution >= 4 is 17.5 Å². The van der Waals surface area contributed by atoms with Crippen molar-refractivity contribution in [3.05, 3.63) is 59.7 Å². The van der Waals surface area contributed by atoms with E-state index in [0.29, 0.717) is 41.4 Å². The molecule has 0 saturated carbocycles. The van der Waals surface area contributed by atoms with Crippen LogP contribution in [-0.2, 0) is 11.3 Å². The number of rotatable bonds is 5. The van der Waals surface area contributed by atoms with Gasteiger partial charge in [-0.05, 0) is 19.9 Å². The first-order chi connectivity index (χ1) is 13.5. The largest absolute Gasteiger partial charge is 0.448 e. The van der Waals surface area contributed by atoms with Gasteiger partial charge in [-0.15, -0.1) is 0 Å². The Balaban J connectivity index is 1.44. The summed E-state index contributed by atoms with van der Waals surface area (Å²) in [7, 11) is 0. The maximum Gasteiger partial charge on any atom is 0.255 e. The second kappa shape index (κ2) is 6.91. The van der Waals surface area contributed by atoms with Crippen molar-refractivity contribution in [3.8, 4) is 0 Å². The number of amides is 2. The van der Waals surface area contributed by atoms with Gasteiger partial charge in [0.15, 0.2) is 12.0 Å². The van der Waals surface area contributed by atoms with Crippen molar-refractivity contribution in [2.45, 2.75) is 26.3 Å². The maximum absolute atomic E-state index is 12.6. The van der Waals surface area contributed by atoms with E-state index in [1.807, 2.05) is 19.9 Å². The van der Waals surface area contributed by atoms with Gasteiger partial charge in [-0.2, -0.15) is 5.10 Å². The predicted octanol–water partition coefficient (Wildman–Crippen LogP) is 1.38. The Labute approximate surface area is 161 Å². The van der Waals surface area contributed by atoms with Crippen LogP contribution < -0.4 is 5.32 Å². The minimum absolute atomic E-state index is 0.0742. The van der Waals surface area contributed by atoms with Crippen LogP contribution in [0.25, 0.3) is 5.65 Å². The molecule has 0 aromatic carbocycles. The lowest BCUT2D eigenvalue weighted by Crippen LogP contribution is -2.48. The van der Waals surface area contributed by atoms with Gasteiger partial charge in [0, 0.05) is 25.4 Å². The second-order valence-corrected chi connectivity index (χ2v) is 6.80. The molecule has 3 aromatic heterocycles. The van der Waals surface area contributed by atoms with E-state index in [0.717, 1.165) is 5.69 Å². The van der Waals surface area contributed by atoms with E-state index in [1.165, 1.54) is 12.5 Å². The number of nitrogens with one attached hydrogen (secondary N) is 1. The second-order valence-electron chi connectivity index (χ2n) is 6.80. The summed E-state index contributed by atoms with van der Waals surface area (Å²) >= 11 is 0. The van der Waals surface area contributed by atoms with E-state index in [4.69, 9.17) is 4.42 Å². The molecule has 4 rings (SSSR count). The zero-order valence-corrected chi connectivity index (χ0v) is 15.7. The van der Waals surface area contributed by atoms with Crippen molar-refractivity contribution in [2.75, 3.05) is 13.1 Å². The molecule has 1 fully saturated rings. The fraction of sp³-hybridized carbons (Fsp3) is 0.316.